The standard InChI is InChI=1S/C14H25BO4Si/c1-14(2,3)20(4,5)19-13-8-6-7-12(11-13)18-10-9-15(16)17/h6-8,11,16-17H,9-10H2,1-5H3. The minimum Gasteiger partial charge on any atom is -0.543 e. The molecular weight excluding hydrogens is 271 g/mol. The third-order valence-electron chi connectivity index (χ3n) is 3.63. The van der Waals surface area contributed by atoms with E-state index in [-0.39, 0.29) is 18.0 Å². The summed E-state index contributed by atoms with van der Waals surface area (Å²) in [5.41, 5.74) is 0. The quantitative estimate of drug-likeness (QED) is 0.792. The number of benzene rings is 1. The van der Waals surface area contributed by atoms with E-state index in [4.69, 9.17) is 19.2 Å². The Bertz CT molecular complexity index is 429. The maximum absolute atomic E-state index is 8.78. The van der Waals surface area contributed by atoms with E-state index in [1.807, 2.05) is 24.3 Å². The van der Waals surface area contributed by atoms with Crippen molar-refractivity contribution in [2.75, 3.05) is 6.61 Å². The predicted octanol–water partition coefficient (Wildman–Crippen LogP) is 2.92. The SMILES string of the molecule is CC(C)(C)[Si](C)(C)Oc1cccc(OCCB(O)O)c1. The second-order valence-corrected chi connectivity index (χ2v) is 11.2. The second kappa shape index (κ2) is 6.65. The van der Waals surface area contributed by atoms with Crippen LogP contribution in [0.15, 0.2) is 24.3 Å². The normalized spacial score (nSPS) is 12.2. The predicted molar refractivity (Wildman–Crippen MR) is 84.8 cm³/mol. The van der Waals surface area contributed by atoms with Gasteiger partial charge in [-0.1, -0.05) is 26.8 Å². The lowest BCUT2D eigenvalue weighted by Gasteiger charge is -2.36. The summed E-state index contributed by atoms with van der Waals surface area (Å²) < 4.78 is 11.7. The fourth-order valence-corrected chi connectivity index (χ4v) is 2.38. The van der Waals surface area contributed by atoms with Gasteiger partial charge in [-0.15, -0.1) is 0 Å². The van der Waals surface area contributed by atoms with Gasteiger partial charge in [-0.2, -0.15) is 0 Å². The Kier molecular flexibility index (Phi) is 5.68. The van der Waals surface area contributed by atoms with Crippen molar-refractivity contribution >= 4 is 15.4 Å². The molecule has 6 heteroatoms. The molecule has 1 aromatic rings. The zero-order chi connectivity index (χ0) is 15.4. The van der Waals surface area contributed by atoms with E-state index in [0.717, 1.165) is 5.75 Å². The molecule has 0 spiro atoms. The smallest absolute Gasteiger partial charge is 0.454 e. The highest BCUT2D eigenvalue weighted by Crippen LogP contribution is 2.37. The van der Waals surface area contributed by atoms with E-state index in [0.29, 0.717) is 5.75 Å². The van der Waals surface area contributed by atoms with E-state index < -0.39 is 15.4 Å². The first-order valence-corrected chi connectivity index (χ1v) is 9.81. The Morgan fingerprint density at radius 1 is 1.15 bits per heavy atom. The molecule has 0 aliphatic carbocycles. The van der Waals surface area contributed by atoms with E-state index in [2.05, 4.69) is 33.9 Å². The second-order valence-electron chi connectivity index (χ2n) is 6.45. The van der Waals surface area contributed by atoms with Crippen LogP contribution in [0.3, 0.4) is 0 Å². The zero-order valence-corrected chi connectivity index (χ0v) is 14.0. The lowest BCUT2D eigenvalue weighted by Crippen LogP contribution is -2.43. The van der Waals surface area contributed by atoms with Gasteiger partial charge in [0, 0.05) is 12.4 Å². The first kappa shape index (κ1) is 17.1. The molecule has 112 valence electrons. The van der Waals surface area contributed by atoms with Crippen LogP contribution in [0.2, 0.25) is 24.5 Å². The molecule has 0 aliphatic heterocycles. The highest BCUT2D eigenvalue weighted by atomic mass is 28.4. The zero-order valence-electron chi connectivity index (χ0n) is 13.0. The molecule has 0 unspecified atom stereocenters. The van der Waals surface area contributed by atoms with Crippen LogP contribution in [0.25, 0.3) is 0 Å². The molecule has 2 N–H and O–H groups in total. The number of rotatable bonds is 6. The van der Waals surface area contributed by atoms with Crippen molar-refractivity contribution in [3.05, 3.63) is 24.3 Å². The van der Waals surface area contributed by atoms with Crippen LogP contribution in [-0.2, 0) is 0 Å². The third-order valence-corrected chi connectivity index (χ3v) is 7.99. The average molecular weight is 296 g/mol. The van der Waals surface area contributed by atoms with Gasteiger partial charge in [0.25, 0.3) is 0 Å². The monoisotopic (exact) mass is 296 g/mol. The molecule has 0 heterocycles. The van der Waals surface area contributed by atoms with Gasteiger partial charge in [-0.3, -0.25) is 0 Å². The Balaban J connectivity index is 2.69. The molecule has 0 saturated carbocycles. The summed E-state index contributed by atoms with van der Waals surface area (Å²) in [5.74, 6) is 1.49. The average Bonchev–Trinajstić information content (AvgIpc) is 2.26. The Labute approximate surface area is 123 Å². The Hall–Kier alpha value is -0.978. The van der Waals surface area contributed by atoms with E-state index in [1.165, 1.54) is 0 Å². The maximum Gasteiger partial charge on any atom is 0.454 e. The minimum atomic E-state index is -1.85. The molecule has 0 saturated heterocycles. The van der Waals surface area contributed by atoms with Gasteiger partial charge in [-0.25, -0.2) is 0 Å². The summed E-state index contributed by atoms with van der Waals surface area (Å²) in [4.78, 5) is 0. The van der Waals surface area contributed by atoms with Gasteiger partial charge in [-0.05, 0) is 30.3 Å². The molecular formula is C14H25BO4Si. The van der Waals surface area contributed by atoms with Crippen molar-refractivity contribution in [3.8, 4) is 11.5 Å². The van der Waals surface area contributed by atoms with Gasteiger partial charge in [0.05, 0.1) is 6.61 Å². The van der Waals surface area contributed by atoms with Crippen molar-refractivity contribution in [3.63, 3.8) is 0 Å². The van der Waals surface area contributed by atoms with Gasteiger partial charge < -0.3 is 19.2 Å². The molecule has 0 aromatic heterocycles. The van der Waals surface area contributed by atoms with Crippen LogP contribution in [0.4, 0.5) is 0 Å². The summed E-state index contributed by atoms with van der Waals surface area (Å²) >= 11 is 0. The van der Waals surface area contributed by atoms with E-state index in [1.54, 1.807) is 0 Å². The molecule has 4 nitrogen and oxygen atoms in total. The van der Waals surface area contributed by atoms with Crippen LogP contribution in [0.5, 0.6) is 11.5 Å². The molecule has 0 atom stereocenters. The van der Waals surface area contributed by atoms with Crippen molar-refractivity contribution in [1.82, 2.24) is 0 Å². The van der Waals surface area contributed by atoms with Crippen molar-refractivity contribution < 1.29 is 19.2 Å². The Morgan fingerprint density at radius 2 is 1.75 bits per heavy atom. The first-order valence-electron chi connectivity index (χ1n) is 6.90. The van der Waals surface area contributed by atoms with Gasteiger partial charge in [0.2, 0.25) is 8.32 Å². The minimum absolute atomic E-state index is 0.144. The largest absolute Gasteiger partial charge is 0.543 e. The van der Waals surface area contributed by atoms with E-state index >= 15 is 0 Å². The number of hydrogen-bond acceptors (Lipinski definition) is 4. The molecule has 0 fully saturated rings. The molecule has 1 rings (SSSR count). The van der Waals surface area contributed by atoms with Gasteiger partial charge in [0.15, 0.2) is 0 Å². The fraction of sp³-hybridized carbons (Fsp3) is 0.571. The maximum atomic E-state index is 8.78. The molecule has 0 amide bonds. The lowest BCUT2D eigenvalue weighted by atomic mass is 9.87. The summed E-state index contributed by atoms with van der Waals surface area (Å²) in [6.45, 7) is 11.2. The van der Waals surface area contributed by atoms with Gasteiger partial charge >= 0.3 is 7.12 Å². The van der Waals surface area contributed by atoms with Gasteiger partial charge in [0.1, 0.15) is 11.5 Å². The first-order chi connectivity index (χ1) is 9.12. The highest BCUT2D eigenvalue weighted by Gasteiger charge is 2.38. The Morgan fingerprint density at radius 3 is 2.30 bits per heavy atom. The molecule has 20 heavy (non-hydrogen) atoms. The van der Waals surface area contributed by atoms with Crippen LogP contribution in [-0.4, -0.2) is 32.1 Å². The highest BCUT2D eigenvalue weighted by molar-refractivity contribution is 6.74. The number of hydrogen-bond donors (Lipinski definition) is 2. The summed E-state index contributed by atoms with van der Waals surface area (Å²) in [5, 5.41) is 17.7. The summed E-state index contributed by atoms with van der Waals surface area (Å²) in [6.07, 6.45) is 0.188. The topological polar surface area (TPSA) is 58.9 Å². The van der Waals surface area contributed by atoms with Crippen LogP contribution < -0.4 is 9.16 Å². The third kappa shape index (κ3) is 5.19. The summed E-state index contributed by atoms with van der Waals surface area (Å²) in [7, 11) is -3.19. The van der Waals surface area contributed by atoms with Crippen molar-refractivity contribution in [2.45, 2.75) is 45.2 Å². The molecule has 0 aliphatic rings. The molecule has 0 bridgehead atoms. The van der Waals surface area contributed by atoms with E-state index in [9.17, 15) is 0 Å². The fourth-order valence-electron chi connectivity index (χ4n) is 1.36. The molecule has 0 radical (unpaired) electrons. The van der Waals surface area contributed by atoms with Crippen LogP contribution in [0, 0.1) is 0 Å². The lowest BCUT2D eigenvalue weighted by molar-refractivity contribution is 0.316. The van der Waals surface area contributed by atoms with Crippen LogP contribution >= 0.6 is 0 Å². The molecule has 1 aromatic carbocycles. The van der Waals surface area contributed by atoms with Crippen LogP contribution in [0.1, 0.15) is 20.8 Å². The number of ether oxygens (including phenoxy) is 1. The summed E-state index contributed by atoms with van der Waals surface area (Å²) in [6, 6.07) is 7.49. The van der Waals surface area contributed by atoms with Crippen molar-refractivity contribution in [2.24, 2.45) is 0 Å². The van der Waals surface area contributed by atoms with Crippen molar-refractivity contribution in [1.29, 1.82) is 0 Å².